The summed E-state index contributed by atoms with van der Waals surface area (Å²) in [6.45, 7) is 0. The molecule has 0 aliphatic carbocycles. The SMILES string of the molecule is COC(=O)Cc1c(Cl)cc(I)nc1C(F)F. The number of aromatic nitrogens is 1. The van der Waals surface area contributed by atoms with E-state index in [4.69, 9.17) is 11.6 Å². The molecule has 0 atom stereocenters. The second kappa shape index (κ2) is 5.72. The van der Waals surface area contributed by atoms with Gasteiger partial charge in [-0.2, -0.15) is 0 Å². The average molecular weight is 362 g/mol. The second-order valence-corrected chi connectivity index (χ2v) is 4.36. The summed E-state index contributed by atoms with van der Waals surface area (Å²) in [7, 11) is 1.18. The van der Waals surface area contributed by atoms with E-state index in [1.165, 1.54) is 13.2 Å². The Kier molecular flexibility index (Phi) is 4.85. The third-order valence-electron chi connectivity index (χ3n) is 1.83. The molecule has 1 aromatic heterocycles. The Morgan fingerprint density at radius 3 is 2.81 bits per heavy atom. The molecule has 0 radical (unpaired) electrons. The molecule has 0 bridgehead atoms. The topological polar surface area (TPSA) is 39.2 Å². The Bertz CT molecular complexity index is 415. The highest BCUT2D eigenvalue weighted by atomic mass is 127. The normalized spacial score (nSPS) is 10.6. The summed E-state index contributed by atoms with van der Waals surface area (Å²) in [4.78, 5) is 14.7. The van der Waals surface area contributed by atoms with Crippen molar-refractivity contribution >= 4 is 40.2 Å². The van der Waals surface area contributed by atoms with Crippen molar-refractivity contribution in [2.24, 2.45) is 0 Å². The van der Waals surface area contributed by atoms with Crippen molar-refractivity contribution in [1.29, 1.82) is 0 Å². The van der Waals surface area contributed by atoms with E-state index in [1.807, 2.05) is 0 Å². The third-order valence-corrected chi connectivity index (χ3v) is 2.72. The monoisotopic (exact) mass is 361 g/mol. The molecule has 16 heavy (non-hydrogen) atoms. The lowest BCUT2D eigenvalue weighted by Crippen LogP contribution is -2.10. The van der Waals surface area contributed by atoms with Crippen LogP contribution in [-0.4, -0.2) is 18.1 Å². The van der Waals surface area contributed by atoms with Crippen LogP contribution in [0.3, 0.4) is 0 Å². The molecule has 0 saturated carbocycles. The first-order valence-corrected chi connectivity index (χ1v) is 5.61. The maximum atomic E-state index is 12.7. The van der Waals surface area contributed by atoms with Gasteiger partial charge in [-0.15, -0.1) is 0 Å². The first-order chi connectivity index (χ1) is 7.45. The zero-order chi connectivity index (χ0) is 12.3. The highest BCUT2D eigenvalue weighted by molar-refractivity contribution is 14.1. The van der Waals surface area contributed by atoms with Gasteiger partial charge in [-0.05, 0) is 28.7 Å². The van der Waals surface area contributed by atoms with Crippen molar-refractivity contribution in [1.82, 2.24) is 4.98 Å². The van der Waals surface area contributed by atoms with Crippen LogP contribution in [-0.2, 0) is 16.0 Å². The number of pyridine rings is 1. The fourth-order valence-corrected chi connectivity index (χ4v) is 2.12. The molecule has 1 rings (SSSR count). The number of alkyl halides is 2. The molecule has 0 saturated heterocycles. The van der Waals surface area contributed by atoms with Gasteiger partial charge in [0.25, 0.3) is 6.43 Å². The molecule has 88 valence electrons. The van der Waals surface area contributed by atoms with Crippen LogP contribution < -0.4 is 0 Å². The van der Waals surface area contributed by atoms with E-state index in [0.29, 0.717) is 3.70 Å². The van der Waals surface area contributed by atoms with Gasteiger partial charge in [-0.25, -0.2) is 13.8 Å². The molecular formula is C9H7ClF2INO2. The van der Waals surface area contributed by atoms with E-state index < -0.39 is 18.1 Å². The average Bonchev–Trinajstić information content (AvgIpc) is 2.20. The fraction of sp³-hybridized carbons (Fsp3) is 0.333. The van der Waals surface area contributed by atoms with Gasteiger partial charge >= 0.3 is 5.97 Å². The van der Waals surface area contributed by atoms with E-state index >= 15 is 0 Å². The lowest BCUT2D eigenvalue weighted by atomic mass is 10.1. The number of rotatable bonds is 3. The Morgan fingerprint density at radius 2 is 2.31 bits per heavy atom. The first kappa shape index (κ1) is 13.6. The Morgan fingerprint density at radius 1 is 1.69 bits per heavy atom. The molecule has 0 aliphatic heterocycles. The zero-order valence-electron chi connectivity index (χ0n) is 8.14. The molecule has 0 spiro atoms. The Labute approximate surface area is 109 Å². The molecule has 3 nitrogen and oxygen atoms in total. The van der Waals surface area contributed by atoms with E-state index in [9.17, 15) is 13.6 Å². The summed E-state index contributed by atoms with van der Waals surface area (Å²) >= 11 is 7.57. The van der Waals surface area contributed by atoms with Crippen LogP contribution in [0.5, 0.6) is 0 Å². The number of hydrogen-bond donors (Lipinski definition) is 0. The van der Waals surface area contributed by atoms with Crippen molar-refractivity contribution in [3.8, 4) is 0 Å². The van der Waals surface area contributed by atoms with E-state index in [0.717, 1.165) is 0 Å². The molecule has 0 unspecified atom stereocenters. The van der Waals surface area contributed by atoms with Crippen molar-refractivity contribution in [2.75, 3.05) is 7.11 Å². The Hall–Kier alpha value is -0.500. The van der Waals surface area contributed by atoms with Crippen LogP contribution in [0.25, 0.3) is 0 Å². The van der Waals surface area contributed by atoms with Crippen LogP contribution in [0.1, 0.15) is 17.7 Å². The first-order valence-electron chi connectivity index (χ1n) is 4.15. The summed E-state index contributed by atoms with van der Waals surface area (Å²) in [5.74, 6) is -0.633. The molecule has 7 heteroatoms. The molecule has 1 heterocycles. The molecule has 0 aliphatic rings. The smallest absolute Gasteiger partial charge is 0.310 e. The number of hydrogen-bond acceptors (Lipinski definition) is 3. The van der Waals surface area contributed by atoms with Crippen molar-refractivity contribution in [3.63, 3.8) is 0 Å². The number of carbonyl (C=O) groups excluding carboxylic acids is 1. The summed E-state index contributed by atoms with van der Waals surface area (Å²) < 4.78 is 30.1. The highest BCUT2D eigenvalue weighted by Crippen LogP contribution is 2.28. The maximum absolute atomic E-state index is 12.7. The van der Waals surface area contributed by atoms with Gasteiger partial charge in [0.15, 0.2) is 0 Å². The van der Waals surface area contributed by atoms with Crippen molar-refractivity contribution in [2.45, 2.75) is 12.8 Å². The van der Waals surface area contributed by atoms with Crippen LogP contribution in [0.15, 0.2) is 6.07 Å². The number of nitrogens with zero attached hydrogens (tertiary/aromatic N) is 1. The predicted octanol–water partition coefficient (Wildman–Crippen LogP) is 2.99. The van der Waals surface area contributed by atoms with Crippen molar-refractivity contribution < 1.29 is 18.3 Å². The van der Waals surface area contributed by atoms with Crippen LogP contribution in [0.2, 0.25) is 5.02 Å². The Balaban J connectivity index is 3.19. The van der Waals surface area contributed by atoms with E-state index in [-0.39, 0.29) is 17.0 Å². The van der Waals surface area contributed by atoms with Gasteiger partial charge in [0.1, 0.15) is 9.39 Å². The predicted molar refractivity (Wildman–Crippen MR) is 62.6 cm³/mol. The minimum atomic E-state index is -2.77. The minimum Gasteiger partial charge on any atom is -0.469 e. The fourth-order valence-electron chi connectivity index (χ4n) is 1.10. The zero-order valence-corrected chi connectivity index (χ0v) is 11.1. The van der Waals surface area contributed by atoms with Crippen molar-refractivity contribution in [3.05, 3.63) is 26.0 Å². The molecule has 0 amide bonds. The largest absolute Gasteiger partial charge is 0.469 e. The van der Waals surface area contributed by atoms with Gasteiger partial charge < -0.3 is 4.74 Å². The number of carbonyl (C=O) groups is 1. The molecule has 0 fully saturated rings. The number of methoxy groups -OCH3 is 1. The summed E-state index contributed by atoms with van der Waals surface area (Å²) in [5.41, 5.74) is -0.453. The standard InChI is InChI=1S/C9H7ClF2INO2/c1-16-7(15)2-4-5(10)3-6(13)14-8(4)9(11)12/h3,9H,2H2,1H3. The molecule has 0 N–H and O–H groups in total. The molecular weight excluding hydrogens is 354 g/mol. The van der Waals surface area contributed by atoms with Gasteiger partial charge in [0.2, 0.25) is 0 Å². The summed E-state index contributed by atoms with van der Waals surface area (Å²) in [5, 5.41) is 0.0973. The third kappa shape index (κ3) is 3.24. The number of halogens is 4. The van der Waals surface area contributed by atoms with Crippen LogP contribution >= 0.6 is 34.2 Å². The molecule has 1 aromatic rings. The summed E-state index contributed by atoms with van der Waals surface area (Å²) in [6, 6.07) is 1.42. The quantitative estimate of drug-likeness (QED) is 0.472. The lowest BCUT2D eigenvalue weighted by Gasteiger charge is -2.09. The summed E-state index contributed by atoms with van der Waals surface area (Å²) in [6.07, 6.45) is -3.08. The number of esters is 1. The van der Waals surface area contributed by atoms with E-state index in [1.54, 1.807) is 22.6 Å². The van der Waals surface area contributed by atoms with Crippen LogP contribution in [0, 0.1) is 3.70 Å². The highest BCUT2D eigenvalue weighted by Gasteiger charge is 2.21. The second-order valence-electron chi connectivity index (χ2n) is 2.84. The van der Waals surface area contributed by atoms with Gasteiger partial charge in [-0.1, -0.05) is 11.6 Å². The van der Waals surface area contributed by atoms with Crippen LogP contribution in [0.4, 0.5) is 8.78 Å². The van der Waals surface area contributed by atoms with Gasteiger partial charge in [0.05, 0.1) is 13.5 Å². The van der Waals surface area contributed by atoms with E-state index in [2.05, 4.69) is 9.72 Å². The lowest BCUT2D eigenvalue weighted by molar-refractivity contribution is -0.139. The minimum absolute atomic E-state index is 0.0175. The maximum Gasteiger partial charge on any atom is 0.310 e. The number of ether oxygens (including phenoxy) is 1. The van der Waals surface area contributed by atoms with Gasteiger partial charge in [-0.3, -0.25) is 4.79 Å². The van der Waals surface area contributed by atoms with Gasteiger partial charge in [0, 0.05) is 10.6 Å². The molecule has 0 aromatic carbocycles.